The highest BCUT2D eigenvalue weighted by atomic mass is 19.2. The van der Waals surface area contributed by atoms with Crippen LogP contribution in [0.5, 0.6) is 0 Å². The quantitative estimate of drug-likeness (QED) is 0.774. The predicted octanol–water partition coefficient (Wildman–Crippen LogP) is 5.52. The first-order valence-corrected chi connectivity index (χ1v) is 8.45. The summed E-state index contributed by atoms with van der Waals surface area (Å²) in [7, 11) is 0. The van der Waals surface area contributed by atoms with E-state index in [9.17, 15) is 8.78 Å². The number of hydrogen-bond acceptors (Lipinski definition) is 1. The molecule has 0 spiro atoms. The van der Waals surface area contributed by atoms with E-state index in [0.29, 0.717) is 12.0 Å². The molecule has 2 atom stereocenters. The molecule has 0 aromatic heterocycles. The lowest BCUT2D eigenvalue weighted by Crippen LogP contribution is -2.37. The van der Waals surface area contributed by atoms with E-state index in [1.807, 2.05) is 0 Å². The van der Waals surface area contributed by atoms with E-state index in [-0.39, 0.29) is 0 Å². The highest BCUT2D eigenvalue weighted by molar-refractivity contribution is 5.44. The van der Waals surface area contributed by atoms with Gasteiger partial charge in [0.25, 0.3) is 0 Å². The van der Waals surface area contributed by atoms with E-state index >= 15 is 0 Å². The standard InChI is InChI=1S/C18H25F2N/c19-16-11-10-14(12-17(16)20)21-18-9-5-4-8-15(18)13-6-2-1-3-7-13/h10-13,15,18,21H,1-9H2. The summed E-state index contributed by atoms with van der Waals surface area (Å²) >= 11 is 0. The second-order valence-corrected chi connectivity index (χ2v) is 6.73. The average Bonchev–Trinajstić information content (AvgIpc) is 2.52. The van der Waals surface area contributed by atoms with Gasteiger partial charge in [0.1, 0.15) is 0 Å². The number of rotatable bonds is 3. The van der Waals surface area contributed by atoms with Gasteiger partial charge in [0.2, 0.25) is 0 Å². The van der Waals surface area contributed by atoms with Crippen LogP contribution in [0.15, 0.2) is 18.2 Å². The fourth-order valence-corrected chi connectivity index (χ4v) is 4.27. The second kappa shape index (κ2) is 6.76. The first-order chi connectivity index (χ1) is 10.2. The van der Waals surface area contributed by atoms with Crippen molar-refractivity contribution in [3.05, 3.63) is 29.8 Å². The molecule has 2 fully saturated rings. The monoisotopic (exact) mass is 293 g/mol. The van der Waals surface area contributed by atoms with Gasteiger partial charge in [0, 0.05) is 17.8 Å². The minimum absolute atomic E-state index is 0.423. The van der Waals surface area contributed by atoms with Crippen LogP contribution in [-0.2, 0) is 0 Å². The first kappa shape index (κ1) is 14.8. The number of nitrogens with one attached hydrogen (secondary N) is 1. The Kier molecular flexibility index (Phi) is 4.77. The second-order valence-electron chi connectivity index (χ2n) is 6.73. The molecule has 1 aromatic carbocycles. The summed E-state index contributed by atoms with van der Waals surface area (Å²) in [4.78, 5) is 0. The molecule has 1 aromatic rings. The van der Waals surface area contributed by atoms with Crippen LogP contribution in [0.3, 0.4) is 0 Å². The van der Waals surface area contributed by atoms with Crippen molar-refractivity contribution in [2.24, 2.45) is 11.8 Å². The molecule has 116 valence electrons. The normalized spacial score (nSPS) is 27.5. The van der Waals surface area contributed by atoms with Crippen molar-refractivity contribution in [1.29, 1.82) is 0 Å². The molecule has 1 nitrogen and oxygen atoms in total. The van der Waals surface area contributed by atoms with Crippen molar-refractivity contribution in [3.8, 4) is 0 Å². The molecule has 3 rings (SSSR count). The van der Waals surface area contributed by atoms with Crippen LogP contribution in [0.2, 0.25) is 0 Å². The van der Waals surface area contributed by atoms with Gasteiger partial charge in [-0.3, -0.25) is 0 Å². The van der Waals surface area contributed by atoms with Gasteiger partial charge in [0.05, 0.1) is 0 Å². The molecule has 0 bridgehead atoms. The minimum Gasteiger partial charge on any atom is -0.382 e. The Morgan fingerprint density at radius 3 is 2.29 bits per heavy atom. The molecular weight excluding hydrogens is 268 g/mol. The van der Waals surface area contributed by atoms with E-state index in [4.69, 9.17) is 0 Å². The maximum absolute atomic E-state index is 13.4. The van der Waals surface area contributed by atoms with Crippen LogP contribution < -0.4 is 5.32 Å². The van der Waals surface area contributed by atoms with Gasteiger partial charge in [-0.2, -0.15) is 0 Å². The SMILES string of the molecule is Fc1ccc(NC2CCCCC2C2CCCCC2)cc1F. The lowest BCUT2D eigenvalue weighted by Gasteiger charge is -2.39. The molecule has 0 radical (unpaired) electrons. The topological polar surface area (TPSA) is 12.0 Å². The molecule has 3 heteroatoms. The van der Waals surface area contributed by atoms with E-state index in [0.717, 1.165) is 18.0 Å². The number of hydrogen-bond donors (Lipinski definition) is 1. The third-order valence-corrected chi connectivity index (χ3v) is 5.35. The van der Waals surface area contributed by atoms with Gasteiger partial charge in [-0.25, -0.2) is 8.78 Å². The Hall–Kier alpha value is -1.12. The smallest absolute Gasteiger partial charge is 0.160 e. The number of halogens is 2. The van der Waals surface area contributed by atoms with Gasteiger partial charge in [-0.15, -0.1) is 0 Å². The molecule has 2 aliphatic rings. The third-order valence-electron chi connectivity index (χ3n) is 5.35. The fourth-order valence-electron chi connectivity index (χ4n) is 4.27. The van der Waals surface area contributed by atoms with Crippen molar-refractivity contribution < 1.29 is 8.78 Å². The van der Waals surface area contributed by atoms with Crippen LogP contribution in [-0.4, -0.2) is 6.04 Å². The maximum Gasteiger partial charge on any atom is 0.160 e. The van der Waals surface area contributed by atoms with Crippen molar-refractivity contribution >= 4 is 5.69 Å². The van der Waals surface area contributed by atoms with E-state index in [1.54, 1.807) is 6.07 Å². The lowest BCUT2D eigenvalue weighted by molar-refractivity contribution is 0.180. The Morgan fingerprint density at radius 2 is 1.52 bits per heavy atom. The molecule has 2 unspecified atom stereocenters. The molecule has 0 amide bonds. The maximum atomic E-state index is 13.4. The Bertz CT molecular complexity index is 468. The zero-order valence-corrected chi connectivity index (χ0v) is 12.6. The Balaban J connectivity index is 1.69. The molecule has 0 aliphatic heterocycles. The summed E-state index contributed by atoms with van der Waals surface area (Å²) in [5.41, 5.74) is 0.724. The van der Waals surface area contributed by atoms with Crippen LogP contribution in [0.4, 0.5) is 14.5 Å². The molecule has 0 saturated heterocycles. The zero-order valence-electron chi connectivity index (χ0n) is 12.6. The Morgan fingerprint density at radius 1 is 0.810 bits per heavy atom. The lowest BCUT2D eigenvalue weighted by atomic mass is 9.71. The predicted molar refractivity (Wildman–Crippen MR) is 82.3 cm³/mol. The minimum atomic E-state index is -0.770. The van der Waals surface area contributed by atoms with Crippen molar-refractivity contribution in [3.63, 3.8) is 0 Å². The van der Waals surface area contributed by atoms with Crippen LogP contribution in [0.1, 0.15) is 57.8 Å². The van der Waals surface area contributed by atoms with E-state index in [2.05, 4.69) is 5.32 Å². The van der Waals surface area contributed by atoms with Gasteiger partial charge < -0.3 is 5.32 Å². The summed E-state index contributed by atoms with van der Waals surface area (Å²) in [6, 6.07) is 4.59. The third kappa shape index (κ3) is 3.56. The van der Waals surface area contributed by atoms with E-state index < -0.39 is 11.6 Å². The largest absolute Gasteiger partial charge is 0.382 e. The molecule has 21 heavy (non-hydrogen) atoms. The molecular formula is C18H25F2N. The summed E-state index contributed by atoms with van der Waals surface area (Å²) in [5, 5.41) is 3.49. The summed E-state index contributed by atoms with van der Waals surface area (Å²) in [6.07, 6.45) is 11.8. The molecule has 2 saturated carbocycles. The summed E-state index contributed by atoms with van der Waals surface area (Å²) < 4.78 is 26.4. The highest BCUT2D eigenvalue weighted by Crippen LogP contribution is 2.39. The number of benzene rings is 1. The molecule has 0 heterocycles. The van der Waals surface area contributed by atoms with Crippen molar-refractivity contribution in [2.75, 3.05) is 5.32 Å². The molecule has 2 aliphatic carbocycles. The highest BCUT2D eigenvalue weighted by Gasteiger charge is 2.32. The average molecular weight is 293 g/mol. The van der Waals surface area contributed by atoms with Gasteiger partial charge in [-0.05, 0) is 36.8 Å². The molecule has 1 N–H and O–H groups in total. The zero-order chi connectivity index (χ0) is 14.7. The van der Waals surface area contributed by atoms with Gasteiger partial charge in [-0.1, -0.05) is 44.9 Å². The van der Waals surface area contributed by atoms with Gasteiger partial charge >= 0.3 is 0 Å². The summed E-state index contributed by atoms with van der Waals surface area (Å²) in [6.45, 7) is 0. The number of anilines is 1. The van der Waals surface area contributed by atoms with Crippen LogP contribution in [0, 0.1) is 23.5 Å². The van der Waals surface area contributed by atoms with Crippen LogP contribution in [0.25, 0.3) is 0 Å². The van der Waals surface area contributed by atoms with Crippen LogP contribution >= 0.6 is 0 Å². The fraction of sp³-hybridized carbons (Fsp3) is 0.667. The van der Waals surface area contributed by atoms with E-state index in [1.165, 1.54) is 63.5 Å². The Labute approximate surface area is 126 Å². The van der Waals surface area contributed by atoms with Crippen molar-refractivity contribution in [2.45, 2.75) is 63.8 Å². The first-order valence-electron chi connectivity index (χ1n) is 8.45. The summed E-state index contributed by atoms with van der Waals surface area (Å²) in [5.74, 6) is -0.00735. The van der Waals surface area contributed by atoms with Crippen molar-refractivity contribution in [1.82, 2.24) is 0 Å². The van der Waals surface area contributed by atoms with Gasteiger partial charge in [0.15, 0.2) is 11.6 Å².